The maximum atomic E-state index is 13.6. The predicted octanol–water partition coefficient (Wildman–Crippen LogP) is 2.34. The van der Waals surface area contributed by atoms with Gasteiger partial charge in [-0.3, -0.25) is 0 Å². The molecule has 1 nitrogen and oxygen atoms in total. The largest absolute Gasteiger partial charge is 0.325 e. The molecule has 0 bridgehead atoms. The Kier molecular flexibility index (Phi) is 1.73. The van der Waals surface area contributed by atoms with Crippen LogP contribution in [-0.4, -0.2) is 6.04 Å². The molecule has 0 saturated heterocycles. The van der Waals surface area contributed by atoms with E-state index in [0.29, 0.717) is 12.0 Å². The van der Waals surface area contributed by atoms with Crippen LogP contribution in [0.25, 0.3) is 0 Å². The van der Waals surface area contributed by atoms with Gasteiger partial charge in [0, 0.05) is 16.9 Å². The van der Waals surface area contributed by atoms with Crippen LogP contribution in [0.2, 0.25) is 0 Å². The van der Waals surface area contributed by atoms with Crippen LogP contribution in [0.1, 0.15) is 12.0 Å². The highest BCUT2D eigenvalue weighted by molar-refractivity contribution is 9.10. The SMILES string of the molecule is N[C@H]1C[C@]1(F)c1ccc(Br)cc1. The molecule has 12 heavy (non-hydrogen) atoms. The van der Waals surface area contributed by atoms with E-state index in [2.05, 4.69) is 15.9 Å². The molecule has 64 valence electrons. The summed E-state index contributed by atoms with van der Waals surface area (Å²) < 4.78 is 14.6. The molecule has 1 aromatic rings. The first kappa shape index (κ1) is 8.20. The molecule has 0 heterocycles. The molecule has 1 saturated carbocycles. The highest BCUT2D eigenvalue weighted by atomic mass is 79.9. The van der Waals surface area contributed by atoms with Crippen molar-refractivity contribution in [1.29, 1.82) is 0 Å². The standard InChI is InChI=1S/C9H9BrFN/c10-7-3-1-6(2-4-7)9(11)5-8(9)12/h1-4,8H,5,12H2/t8-,9-/m0/s1. The van der Waals surface area contributed by atoms with Crippen molar-refractivity contribution in [3.8, 4) is 0 Å². The van der Waals surface area contributed by atoms with Crippen LogP contribution < -0.4 is 5.73 Å². The predicted molar refractivity (Wildman–Crippen MR) is 49.5 cm³/mol. The van der Waals surface area contributed by atoms with Gasteiger partial charge in [-0.25, -0.2) is 4.39 Å². The summed E-state index contributed by atoms with van der Waals surface area (Å²) in [6.07, 6.45) is 0.453. The lowest BCUT2D eigenvalue weighted by Gasteiger charge is -2.05. The Balaban J connectivity index is 2.31. The second-order valence-corrected chi connectivity index (χ2v) is 4.10. The Bertz CT molecular complexity index is 298. The van der Waals surface area contributed by atoms with Gasteiger partial charge in [-0.1, -0.05) is 28.1 Å². The minimum absolute atomic E-state index is 0.307. The molecule has 2 N–H and O–H groups in total. The van der Waals surface area contributed by atoms with Crippen LogP contribution in [0.5, 0.6) is 0 Å². The van der Waals surface area contributed by atoms with Crippen molar-refractivity contribution in [2.75, 3.05) is 0 Å². The van der Waals surface area contributed by atoms with Gasteiger partial charge in [0.05, 0.1) is 0 Å². The topological polar surface area (TPSA) is 26.0 Å². The van der Waals surface area contributed by atoms with Gasteiger partial charge in [0.15, 0.2) is 5.67 Å². The number of alkyl halides is 1. The summed E-state index contributed by atoms with van der Waals surface area (Å²) >= 11 is 3.29. The van der Waals surface area contributed by atoms with E-state index in [0.717, 1.165) is 4.47 Å². The molecule has 3 heteroatoms. The lowest BCUT2D eigenvalue weighted by atomic mass is 10.1. The minimum atomic E-state index is -1.25. The molecule has 1 aromatic carbocycles. The molecule has 0 amide bonds. The molecule has 0 spiro atoms. The summed E-state index contributed by atoms with van der Waals surface area (Å²) in [5, 5.41) is 0. The van der Waals surface area contributed by atoms with Gasteiger partial charge in [0.1, 0.15) is 0 Å². The van der Waals surface area contributed by atoms with Crippen LogP contribution in [0, 0.1) is 0 Å². The molecule has 1 fully saturated rings. The molecule has 2 atom stereocenters. The fraction of sp³-hybridized carbons (Fsp3) is 0.333. The van der Waals surface area contributed by atoms with Gasteiger partial charge in [-0.15, -0.1) is 0 Å². The van der Waals surface area contributed by atoms with Crippen LogP contribution in [0.15, 0.2) is 28.7 Å². The normalized spacial score (nSPS) is 33.4. The van der Waals surface area contributed by atoms with Crippen LogP contribution in [0.3, 0.4) is 0 Å². The third kappa shape index (κ3) is 1.17. The summed E-state index contributed by atoms with van der Waals surface area (Å²) in [5.74, 6) is 0. The summed E-state index contributed by atoms with van der Waals surface area (Å²) in [7, 11) is 0. The smallest absolute Gasteiger partial charge is 0.152 e. The van der Waals surface area contributed by atoms with Gasteiger partial charge in [0.2, 0.25) is 0 Å². The van der Waals surface area contributed by atoms with Gasteiger partial charge < -0.3 is 5.73 Å². The Hall–Kier alpha value is -0.410. The molecular formula is C9H9BrFN. The zero-order valence-electron chi connectivity index (χ0n) is 6.43. The van der Waals surface area contributed by atoms with E-state index in [1.807, 2.05) is 12.1 Å². The fourth-order valence-electron chi connectivity index (χ4n) is 1.32. The van der Waals surface area contributed by atoms with Crippen molar-refractivity contribution in [3.05, 3.63) is 34.3 Å². The van der Waals surface area contributed by atoms with Crippen molar-refractivity contribution >= 4 is 15.9 Å². The second-order valence-electron chi connectivity index (χ2n) is 3.18. The van der Waals surface area contributed by atoms with E-state index in [1.165, 1.54) is 0 Å². The van der Waals surface area contributed by atoms with Crippen molar-refractivity contribution < 1.29 is 4.39 Å². The monoisotopic (exact) mass is 229 g/mol. The summed E-state index contributed by atoms with van der Waals surface area (Å²) in [5.41, 5.74) is 4.93. The number of nitrogens with two attached hydrogens (primary N) is 1. The van der Waals surface area contributed by atoms with E-state index in [-0.39, 0.29) is 6.04 Å². The Labute approximate surface area is 78.9 Å². The van der Waals surface area contributed by atoms with Gasteiger partial charge >= 0.3 is 0 Å². The summed E-state index contributed by atoms with van der Waals surface area (Å²) in [4.78, 5) is 0. The lowest BCUT2D eigenvalue weighted by Crippen LogP contribution is -2.12. The maximum Gasteiger partial charge on any atom is 0.152 e. The second kappa shape index (κ2) is 2.54. The van der Waals surface area contributed by atoms with E-state index < -0.39 is 5.67 Å². The molecule has 1 aliphatic rings. The number of benzene rings is 1. The third-order valence-corrected chi connectivity index (χ3v) is 2.80. The molecule has 0 aliphatic heterocycles. The average molecular weight is 230 g/mol. The zero-order chi connectivity index (χ0) is 8.77. The van der Waals surface area contributed by atoms with Crippen LogP contribution >= 0.6 is 15.9 Å². The first-order valence-electron chi connectivity index (χ1n) is 3.83. The van der Waals surface area contributed by atoms with Gasteiger partial charge in [0.25, 0.3) is 0 Å². The number of halogens is 2. The van der Waals surface area contributed by atoms with Crippen molar-refractivity contribution in [3.63, 3.8) is 0 Å². The Morgan fingerprint density at radius 2 is 1.92 bits per heavy atom. The fourth-order valence-corrected chi connectivity index (χ4v) is 1.58. The first-order chi connectivity index (χ1) is 5.63. The van der Waals surface area contributed by atoms with Crippen molar-refractivity contribution in [2.24, 2.45) is 5.73 Å². The summed E-state index contributed by atoms with van der Waals surface area (Å²) in [6.45, 7) is 0. The number of rotatable bonds is 1. The van der Waals surface area contributed by atoms with Crippen molar-refractivity contribution in [1.82, 2.24) is 0 Å². The van der Waals surface area contributed by atoms with Crippen molar-refractivity contribution in [2.45, 2.75) is 18.1 Å². The average Bonchev–Trinajstić information content (AvgIpc) is 2.62. The highest BCUT2D eigenvalue weighted by Gasteiger charge is 2.54. The van der Waals surface area contributed by atoms with E-state index in [1.54, 1.807) is 12.1 Å². The summed E-state index contributed by atoms with van der Waals surface area (Å²) in [6, 6.07) is 6.91. The quantitative estimate of drug-likeness (QED) is 0.787. The van der Waals surface area contributed by atoms with Crippen LogP contribution in [0.4, 0.5) is 4.39 Å². The lowest BCUT2D eigenvalue weighted by molar-refractivity contribution is 0.306. The van der Waals surface area contributed by atoms with E-state index in [4.69, 9.17) is 5.73 Å². The number of hydrogen-bond acceptors (Lipinski definition) is 1. The highest BCUT2D eigenvalue weighted by Crippen LogP contribution is 2.48. The van der Waals surface area contributed by atoms with E-state index >= 15 is 0 Å². The first-order valence-corrected chi connectivity index (χ1v) is 4.63. The van der Waals surface area contributed by atoms with Gasteiger partial charge in [-0.05, 0) is 17.7 Å². The molecule has 0 radical (unpaired) electrons. The maximum absolute atomic E-state index is 13.6. The minimum Gasteiger partial charge on any atom is -0.325 e. The van der Waals surface area contributed by atoms with E-state index in [9.17, 15) is 4.39 Å². The molecule has 1 aliphatic carbocycles. The number of hydrogen-bond donors (Lipinski definition) is 1. The Morgan fingerprint density at radius 3 is 2.33 bits per heavy atom. The molecule has 0 aromatic heterocycles. The molecule has 0 unspecified atom stereocenters. The Morgan fingerprint density at radius 1 is 1.42 bits per heavy atom. The third-order valence-electron chi connectivity index (χ3n) is 2.27. The molecule has 2 rings (SSSR count). The van der Waals surface area contributed by atoms with Crippen LogP contribution in [-0.2, 0) is 5.67 Å². The zero-order valence-corrected chi connectivity index (χ0v) is 8.01. The molecular weight excluding hydrogens is 221 g/mol. The van der Waals surface area contributed by atoms with Gasteiger partial charge in [-0.2, -0.15) is 0 Å².